The average molecular weight is 469 g/mol. The number of nitrogens with one attached hydrogen (secondary N) is 1. The summed E-state index contributed by atoms with van der Waals surface area (Å²) in [4.78, 5) is 43.0. The molecule has 2 aliphatic rings. The highest BCUT2D eigenvalue weighted by Crippen LogP contribution is 2.25. The molecule has 4 amide bonds. The van der Waals surface area contributed by atoms with Crippen molar-refractivity contribution in [1.82, 2.24) is 15.1 Å². The smallest absolute Gasteiger partial charge is 0.325 e. The molecule has 34 heavy (non-hydrogen) atoms. The second kappa shape index (κ2) is 9.70. The molecular weight excluding hydrogens is 439 g/mol. The number of imide groups is 1. The molecule has 2 aromatic carbocycles. The number of carbonyl (C=O) groups excluding carboxylic acids is 3. The maximum Gasteiger partial charge on any atom is 0.325 e. The van der Waals surface area contributed by atoms with E-state index in [9.17, 15) is 18.8 Å². The third kappa shape index (κ3) is 4.83. The van der Waals surface area contributed by atoms with Crippen LogP contribution in [0.1, 0.15) is 18.9 Å². The number of piperazine rings is 1. The van der Waals surface area contributed by atoms with Crippen molar-refractivity contribution >= 4 is 23.5 Å². The van der Waals surface area contributed by atoms with Crippen LogP contribution in [-0.4, -0.2) is 73.0 Å². The summed E-state index contributed by atoms with van der Waals surface area (Å²) in [6, 6.07) is 13.5. The number of nitrogens with zero attached hydrogens (tertiary/aromatic N) is 3. The van der Waals surface area contributed by atoms with Gasteiger partial charge in [0, 0.05) is 26.2 Å². The number of amides is 4. The zero-order valence-corrected chi connectivity index (χ0v) is 19.4. The summed E-state index contributed by atoms with van der Waals surface area (Å²) in [6.45, 7) is 3.13. The van der Waals surface area contributed by atoms with Gasteiger partial charge in [0.2, 0.25) is 5.91 Å². The first-order valence-electron chi connectivity index (χ1n) is 11.3. The van der Waals surface area contributed by atoms with Gasteiger partial charge in [0.1, 0.15) is 23.7 Å². The molecular formula is C25H29FN4O4. The van der Waals surface area contributed by atoms with Crippen LogP contribution in [0, 0.1) is 5.82 Å². The third-order valence-corrected chi connectivity index (χ3v) is 6.54. The van der Waals surface area contributed by atoms with Crippen LogP contribution >= 0.6 is 0 Å². The van der Waals surface area contributed by atoms with Crippen LogP contribution in [0.25, 0.3) is 0 Å². The molecule has 1 atom stereocenters. The Balaban J connectivity index is 1.32. The number of urea groups is 1. The Kier molecular flexibility index (Phi) is 6.72. The number of para-hydroxylation sites is 1. The van der Waals surface area contributed by atoms with Gasteiger partial charge < -0.3 is 19.9 Å². The maximum atomic E-state index is 14.0. The molecule has 0 bridgehead atoms. The highest BCUT2D eigenvalue weighted by Gasteiger charge is 2.48. The van der Waals surface area contributed by atoms with E-state index in [2.05, 4.69) is 5.32 Å². The molecule has 180 valence electrons. The third-order valence-electron chi connectivity index (χ3n) is 6.54. The summed E-state index contributed by atoms with van der Waals surface area (Å²) < 4.78 is 19.2. The first kappa shape index (κ1) is 23.5. The van der Waals surface area contributed by atoms with Crippen molar-refractivity contribution in [3.8, 4) is 5.75 Å². The van der Waals surface area contributed by atoms with Crippen LogP contribution < -0.4 is 15.0 Å². The van der Waals surface area contributed by atoms with Gasteiger partial charge in [0.15, 0.2) is 0 Å². The number of methoxy groups -OCH3 is 1. The maximum absolute atomic E-state index is 14.0. The van der Waals surface area contributed by atoms with Gasteiger partial charge in [-0.1, -0.05) is 24.3 Å². The topological polar surface area (TPSA) is 82.2 Å². The number of aryl methyl sites for hydroxylation is 1. The molecule has 2 fully saturated rings. The number of rotatable bonds is 7. The van der Waals surface area contributed by atoms with E-state index < -0.39 is 17.5 Å². The van der Waals surface area contributed by atoms with Crippen molar-refractivity contribution in [2.45, 2.75) is 25.3 Å². The number of halogens is 1. The average Bonchev–Trinajstić information content (AvgIpc) is 3.06. The number of benzene rings is 2. The molecule has 2 aliphatic heterocycles. The molecule has 0 aliphatic carbocycles. The van der Waals surface area contributed by atoms with Crippen LogP contribution in [0.4, 0.5) is 14.9 Å². The molecule has 0 radical (unpaired) electrons. The summed E-state index contributed by atoms with van der Waals surface area (Å²) in [6.07, 6.45) is 1.00. The van der Waals surface area contributed by atoms with Gasteiger partial charge in [-0.05, 0) is 49.6 Å². The minimum atomic E-state index is -1.07. The van der Waals surface area contributed by atoms with Crippen LogP contribution in [-0.2, 0) is 16.0 Å². The molecule has 2 aromatic rings. The molecule has 2 saturated heterocycles. The fourth-order valence-electron chi connectivity index (χ4n) is 4.39. The van der Waals surface area contributed by atoms with Gasteiger partial charge in [0.25, 0.3) is 5.91 Å². The van der Waals surface area contributed by atoms with Crippen LogP contribution in [0.15, 0.2) is 48.5 Å². The lowest BCUT2D eigenvalue weighted by molar-refractivity contribution is -0.139. The standard InChI is InChI=1S/C25H29FN4O4/c1-25(12-11-18-7-9-19(34-2)10-8-18)23(32)30(24(33)27-25)17-22(31)29-15-13-28(14-16-29)21-6-4-3-5-20(21)26/h3-10H,11-17H2,1-2H3,(H,27,33). The van der Waals surface area contributed by atoms with Crippen LogP contribution in [0.3, 0.4) is 0 Å². The monoisotopic (exact) mass is 468 g/mol. The number of ether oxygens (including phenoxy) is 1. The minimum Gasteiger partial charge on any atom is -0.497 e. The van der Waals surface area contributed by atoms with E-state index in [1.807, 2.05) is 29.2 Å². The summed E-state index contributed by atoms with van der Waals surface area (Å²) in [7, 11) is 1.60. The Labute approximate surface area is 198 Å². The predicted molar refractivity (Wildman–Crippen MR) is 125 cm³/mol. The largest absolute Gasteiger partial charge is 0.497 e. The second-order valence-corrected chi connectivity index (χ2v) is 8.82. The van der Waals surface area contributed by atoms with Gasteiger partial charge >= 0.3 is 6.03 Å². The van der Waals surface area contributed by atoms with Crippen molar-refractivity contribution < 1.29 is 23.5 Å². The van der Waals surface area contributed by atoms with Gasteiger partial charge in [0.05, 0.1) is 12.8 Å². The van der Waals surface area contributed by atoms with E-state index in [0.717, 1.165) is 16.2 Å². The van der Waals surface area contributed by atoms with Crippen molar-refractivity contribution in [3.05, 3.63) is 59.9 Å². The first-order chi connectivity index (χ1) is 16.3. The summed E-state index contributed by atoms with van der Waals surface area (Å²) in [5, 5.41) is 2.76. The predicted octanol–water partition coefficient (Wildman–Crippen LogP) is 2.43. The second-order valence-electron chi connectivity index (χ2n) is 8.82. The summed E-state index contributed by atoms with van der Waals surface area (Å²) in [5.41, 5.74) is 0.462. The lowest BCUT2D eigenvalue weighted by atomic mass is 9.93. The molecule has 0 spiro atoms. The van der Waals surface area contributed by atoms with E-state index in [1.54, 1.807) is 37.1 Å². The number of hydrogen-bond donors (Lipinski definition) is 1. The molecule has 8 nitrogen and oxygen atoms in total. The molecule has 1 N–H and O–H groups in total. The summed E-state index contributed by atoms with van der Waals surface area (Å²) in [5.74, 6) is -0.240. The normalized spacial score (nSPS) is 20.5. The van der Waals surface area contributed by atoms with E-state index in [4.69, 9.17) is 4.74 Å². The van der Waals surface area contributed by atoms with E-state index in [0.29, 0.717) is 44.7 Å². The molecule has 1 unspecified atom stereocenters. The molecule has 9 heteroatoms. The lowest BCUT2D eigenvalue weighted by Crippen LogP contribution is -2.52. The highest BCUT2D eigenvalue weighted by atomic mass is 19.1. The number of anilines is 1. The number of carbonyl (C=O) groups is 3. The van der Waals surface area contributed by atoms with Crippen LogP contribution in [0.2, 0.25) is 0 Å². The quantitative estimate of drug-likeness (QED) is 0.632. The van der Waals surface area contributed by atoms with Crippen molar-refractivity contribution in [1.29, 1.82) is 0 Å². The number of hydrogen-bond acceptors (Lipinski definition) is 5. The fraction of sp³-hybridized carbons (Fsp3) is 0.400. The summed E-state index contributed by atoms with van der Waals surface area (Å²) >= 11 is 0. The molecule has 0 saturated carbocycles. The SMILES string of the molecule is COc1ccc(CCC2(C)NC(=O)N(CC(=O)N3CCN(c4ccccc4F)CC3)C2=O)cc1. The molecule has 0 aromatic heterocycles. The van der Waals surface area contributed by atoms with Gasteiger partial charge in [-0.3, -0.25) is 14.5 Å². The van der Waals surface area contributed by atoms with Gasteiger partial charge in [-0.2, -0.15) is 0 Å². The Morgan fingerprint density at radius 2 is 1.74 bits per heavy atom. The Morgan fingerprint density at radius 3 is 2.38 bits per heavy atom. The Hall–Kier alpha value is -3.62. The zero-order valence-electron chi connectivity index (χ0n) is 19.4. The van der Waals surface area contributed by atoms with E-state index in [1.165, 1.54) is 6.07 Å². The van der Waals surface area contributed by atoms with E-state index >= 15 is 0 Å². The van der Waals surface area contributed by atoms with Crippen LogP contribution in [0.5, 0.6) is 5.75 Å². The fourth-order valence-corrected chi connectivity index (χ4v) is 4.39. The van der Waals surface area contributed by atoms with Crippen molar-refractivity contribution in [2.75, 3.05) is 44.7 Å². The van der Waals surface area contributed by atoms with Crippen molar-refractivity contribution in [3.63, 3.8) is 0 Å². The zero-order chi connectivity index (χ0) is 24.3. The minimum absolute atomic E-state index is 0.295. The van der Waals surface area contributed by atoms with E-state index in [-0.39, 0.29) is 18.3 Å². The first-order valence-corrected chi connectivity index (χ1v) is 11.3. The van der Waals surface area contributed by atoms with Gasteiger partial charge in [-0.15, -0.1) is 0 Å². The Bertz CT molecular complexity index is 1070. The lowest BCUT2D eigenvalue weighted by Gasteiger charge is -2.36. The molecule has 2 heterocycles. The Morgan fingerprint density at radius 1 is 1.06 bits per heavy atom. The highest BCUT2D eigenvalue weighted by molar-refractivity contribution is 6.08. The molecule has 4 rings (SSSR count). The van der Waals surface area contributed by atoms with Gasteiger partial charge in [-0.25, -0.2) is 9.18 Å². The van der Waals surface area contributed by atoms with Crippen molar-refractivity contribution in [2.24, 2.45) is 0 Å².